The SMILES string of the molecule is COc1ccc2[nH]c(=O)c(CN(Cc3ccc4c(c3)OCO4)S(=O)(=O)c3ccc4c(c3)OCCO4)cc2c1. The van der Waals surface area contributed by atoms with Gasteiger partial charge in [0.1, 0.15) is 19.0 Å². The van der Waals surface area contributed by atoms with Gasteiger partial charge in [-0.25, -0.2) is 8.42 Å². The van der Waals surface area contributed by atoms with E-state index in [-0.39, 0.29) is 35.9 Å². The van der Waals surface area contributed by atoms with E-state index >= 15 is 0 Å². The number of nitrogens with zero attached hydrogens (tertiary/aromatic N) is 1. The van der Waals surface area contributed by atoms with E-state index in [1.165, 1.54) is 16.4 Å². The van der Waals surface area contributed by atoms with Crippen molar-refractivity contribution >= 4 is 20.9 Å². The Bertz CT molecular complexity index is 1700. The molecular weight excluding hydrogens is 512 g/mol. The third kappa shape index (κ3) is 4.50. The monoisotopic (exact) mass is 536 g/mol. The van der Waals surface area contributed by atoms with Crippen LogP contribution in [0.25, 0.3) is 10.9 Å². The molecule has 1 N–H and O–H groups in total. The summed E-state index contributed by atoms with van der Waals surface area (Å²) >= 11 is 0. The lowest BCUT2D eigenvalue weighted by atomic mass is 10.1. The standard InChI is InChI=1S/C27H24N2O8S/c1-33-20-3-5-22-18(12-20)11-19(27(30)28-22)15-29(14-17-2-6-24-25(10-17)37-16-36-24)38(31,32)21-4-7-23-26(13-21)35-9-8-34-23/h2-7,10-13H,8-9,14-16H2,1H3,(H,28,30). The van der Waals surface area contributed by atoms with Crippen molar-refractivity contribution in [3.05, 3.63) is 82.1 Å². The molecule has 6 rings (SSSR count). The van der Waals surface area contributed by atoms with Gasteiger partial charge in [0.05, 0.1) is 12.0 Å². The molecule has 3 heterocycles. The summed E-state index contributed by atoms with van der Waals surface area (Å²) in [7, 11) is -2.52. The quantitative estimate of drug-likeness (QED) is 0.382. The molecule has 2 aliphatic rings. The predicted molar refractivity (Wildman–Crippen MR) is 138 cm³/mol. The van der Waals surface area contributed by atoms with Crippen LogP contribution in [0.1, 0.15) is 11.1 Å². The molecule has 1 aromatic heterocycles. The van der Waals surface area contributed by atoms with Gasteiger partial charge in [0.15, 0.2) is 23.0 Å². The van der Waals surface area contributed by atoms with Gasteiger partial charge in [-0.05, 0) is 54.1 Å². The van der Waals surface area contributed by atoms with Crippen LogP contribution in [0.15, 0.2) is 70.4 Å². The molecule has 0 aliphatic carbocycles. The number of pyridine rings is 1. The highest BCUT2D eigenvalue weighted by Gasteiger charge is 2.28. The molecule has 196 valence electrons. The number of H-pyrrole nitrogens is 1. The van der Waals surface area contributed by atoms with E-state index in [4.69, 9.17) is 23.7 Å². The van der Waals surface area contributed by atoms with Gasteiger partial charge in [-0.2, -0.15) is 4.31 Å². The Morgan fingerprint density at radius 2 is 1.58 bits per heavy atom. The maximum atomic E-state index is 14.0. The largest absolute Gasteiger partial charge is 0.497 e. The summed E-state index contributed by atoms with van der Waals surface area (Å²) in [5.74, 6) is 2.59. The second-order valence-electron chi connectivity index (χ2n) is 8.84. The maximum absolute atomic E-state index is 14.0. The van der Waals surface area contributed by atoms with Crippen molar-refractivity contribution in [3.8, 4) is 28.7 Å². The average Bonchev–Trinajstić information content (AvgIpc) is 3.40. The van der Waals surface area contributed by atoms with Crippen LogP contribution in [-0.2, 0) is 23.1 Å². The van der Waals surface area contributed by atoms with Crippen LogP contribution < -0.4 is 29.2 Å². The summed E-state index contributed by atoms with van der Waals surface area (Å²) in [4.78, 5) is 15.9. The minimum absolute atomic E-state index is 0.0109. The second-order valence-corrected chi connectivity index (χ2v) is 10.8. The first kappa shape index (κ1) is 24.1. The van der Waals surface area contributed by atoms with Crippen molar-refractivity contribution in [1.29, 1.82) is 0 Å². The van der Waals surface area contributed by atoms with Gasteiger partial charge >= 0.3 is 0 Å². The number of benzene rings is 3. The van der Waals surface area contributed by atoms with Gasteiger partial charge < -0.3 is 28.7 Å². The molecule has 11 heteroatoms. The number of hydrogen-bond donors (Lipinski definition) is 1. The molecule has 38 heavy (non-hydrogen) atoms. The fraction of sp³-hybridized carbons (Fsp3) is 0.222. The molecular formula is C27H24N2O8S. The Morgan fingerprint density at radius 1 is 0.842 bits per heavy atom. The molecule has 0 saturated carbocycles. The Labute approximate surface area is 218 Å². The van der Waals surface area contributed by atoms with E-state index in [9.17, 15) is 13.2 Å². The third-order valence-corrected chi connectivity index (χ3v) is 8.21. The highest BCUT2D eigenvalue weighted by atomic mass is 32.2. The fourth-order valence-electron chi connectivity index (χ4n) is 4.47. The number of fused-ring (bicyclic) bond motifs is 3. The Kier molecular flexibility index (Phi) is 6.09. The maximum Gasteiger partial charge on any atom is 0.252 e. The smallest absolute Gasteiger partial charge is 0.252 e. The lowest BCUT2D eigenvalue weighted by Crippen LogP contribution is -2.32. The summed E-state index contributed by atoms with van der Waals surface area (Å²) in [6.45, 7) is 0.642. The van der Waals surface area contributed by atoms with Crippen LogP contribution in [0.2, 0.25) is 0 Å². The van der Waals surface area contributed by atoms with Gasteiger partial charge in [0, 0.05) is 35.6 Å². The lowest BCUT2D eigenvalue weighted by molar-refractivity contribution is 0.171. The number of sulfonamides is 1. The average molecular weight is 537 g/mol. The highest BCUT2D eigenvalue weighted by Crippen LogP contribution is 2.36. The highest BCUT2D eigenvalue weighted by molar-refractivity contribution is 7.89. The molecule has 0 unspecified atom stereocenters. The number of aromatic amines is 1. The van der Waals surface area contributed by atoms with Crippen molar-refractivity contribution in [2.45, 2.75) is 18.0 Å². The zero-order chi connectivity index (χ0) is 26.3. The molecule has 0 amide bonds. The zero-order valence-electron chi connectivity index (χ0n) is 20.4. The Morgan fingerprint density at radius 3 is 2.42 bits per heavy atom. The van der Waals surface area contributed by atoms with E-state index in [0.717, 1.165) is 5.39 Å². The summed E-state index contributed by atoms with van der Waals surface area (Å²) in [6.07, 6.45) is 0. The lowest BCUT2D eigenvalue weighted by Gasteiger charge is -2.24. The topological polar surface area (TPSA) is 116 Å². The van der Waals surface area contributed by atoms with Crippen LogP contribution in [0, 0.1) is 0 Å². The fourth-order valence-corrected chi connectivity index (χ4v) is 5.89. The summed E-state index contributed by atoms with van der Waals surface area (Å²) in [5, 5.41) is 0.721. The van der Waals surface area contributed by atoms with Crippen LogP contribution in [0.5, 0.6) is 28.7 Å². The Hall–Kier alpha value is -4.22. The molecule has 0 bridgehead atoms. The van der Waals surface area contributed by atoms with Gasteiger partial charge in [0.2, 0.25) is 16.8 Å². The summed E-state index contributed by atoms with van der Waals surface area (Å²) in [6, 6.07) is 16.7. The van der Waals surface area contributed by atoms with Crippen molar-refractivity contribution in [2.24, 2.45) is 0 Å². The number of methoxy groups -OCH3 is 1. The molecule has 0 atom stereocenters. The van der Waals surface area contributed by atoms with Crippen molar-refractivity contribution < 1.29 is 32.1 Å². The van der Waals surface area contributed by atoms with Crippen LogP contribution >= 0.6 is 0 Å². The van der Waals surface area contributed by atoms with Gasteiger partial charge in [-0.3, -0.25) is 4.79 Å². The van der Waals surface area contributed by atoms with Crippen LogP contribution in [0.4, 0.5) is 0 Å². The molecule has 2 aliphatic heterocycles. The first-order valence-corrected chi connectivity index (χ1v) is 13.3. The van der Waals surface area contributed by atoms with E-state index in [0.29, 0.717) is 53.0 Å². The number of hydrogen-bond acceptors (Lipinski definition) is 8. The number of rotatable bonds is 7. The zero-order valence-corrected chi connectivity index (χ0v) is 21.2. The van der Waals surface area contributed by atoms with E-state index in [1.54, 1.807) is 55.6 Å². The van der Waals surface area contributed by atoms with E-state index in [1.807, 2.05) is 0 Å². The van der Waals surface area contributed by atoms with Gasteiger partial charge in [-0.1, -0.05) is 6.07 Å². The summed E-state index contributed by atoms with van der Waals surface area (Å²) < 4.78 is 56.5. The molecule has 10 nitrogen and oxygen atoms in total. The van der Waals surface area contributed by atoms with Crippen molar-refractivity contribution in [1.82, 2.24) is 9.29 Å². The number of ether oxygens (including phenoxy) is 5. The molecule has 4 aromatic rings. The minimum atomic E-state index is -4.08. The number of aromatic nitrogens is 1. The molecule has 0 fully saturated rings. The van der Waals surface area contributed by atoms with Crippen LogP contribution in [-0.4, -0.2) is 44.8 Å². The first-order valence-electron chi connectivity index (χ1n) is 11.9. The predicted octanol–water partition coefficient (Wildman–Crippen LogP) is 3.43. The molecule has 0 saturated heterocycles. The summed E-state index contributed by atoms with van der Waals surface area (Å²) in [5.41, 5.74) is 1.20. The van der Waals surface area contributed by atoms with Crippen molar-refractivity contribution in [2.75, 3.05) is 27.1 Å². The molecule has 3 aromatic carbocycles. The van der Waals surface area contributed by atoms with E-state index < -0.39 is 10.0 Å². The molecule has 0 spiro atoms. The Balaban J connectivity index is 1.41. The number of nitrogens with one attached hydrogen (secondary N) is 1. The molecule has 0 radical (unpaired) electrons. The van der Waals surface area contributed by atoms with E-state index in [2.05, 4.69) is 4.98 Å². The minimum Gasteiger partial charge on any atom is -0.497 e. The third-order valence-electron chi connectivity index (χ3n) is 6.42. The second kappa shape index (κ2) is 9.58. The van der Waals surface area contributed by atoms with Crippen molar-refractivity contribution in [3.63, 3.8) is 0 Å². The first-order chi connectivity index (χ1) is 18.4. The van der Waals surface area contributed by atoms with Crippen LogP contribution in [0.3, 0.4) is 0 Å². The van der Waals surface area contributed by atoms with Gasteiger partial charge in [0.25, 0.3) is 5.56 Å². The van der Waals surface area contributed by atoms with Gasteiger partial charge in [-0.15, -0.1) is 0 Å². The normalized spacial score (nSPS) is 14.2.